The van der Waals surface area contributed by atoms with E-state index in [-0.39, 0.29) is 0 Å². The van der Waals surface area contributed by atoms with E-state index in [2.05, 4.69) is 22.4 Å². The Bertz CT molecular complexity index is 558. The highest BCUT2D eigenvalue weighted by Crippen LogP contribution is 2.28. The van der Waals surface area contributed by atoms with Crippen LogP contribution in [0.15, 0.2) is 30.5 Å². The van der Waals surface area contributed by atoms with E-state index in [1.165, 1.54) is 41.1 Å². The Hall–Kier alpha value is -1.39. The molecule has 0 spiro atoms. The molecule has 1 heterocycles. The minimum absolute atomic E-state index is 0.697. The standard InChI is InChI=1S/C17H22N2OS/c1-2-20-15-9-7-13(8-10-15)16-11-19-17(21-16)12-18-14-5-3-4-6-14/h7-11,14,18H,2-6,12H2,1H3. The third-order valence-corrected chi connectivity index (χ3v) is 4.95. The zero-order valence-corrected chi connectivity index (χ0v) is 13.3. The molecule has 0 saturated heterocycles. The van der Waals surface area contributed by atoms with E-state index >= 15 is 0 Å². The van der Waals surface area contributed by atoms with Gasteiger partial charge in [-0.1, -0.05) is 12.8 Å². The first kappa shape index (κ1) is 14.5. The fraction of sp³-hybridized carbons (Fsp3) is 0.471. The lowest BCUT2D eigenvalue weighted by molar-refractivity contribution is 0.340. The molecule has 3 nitrogen and oxygen atoms in total. The van der Waals surface area contributed by atoms with Crippen LogP contribution in [0, 0.1) is 0 Å². The Kier molecular flexibility index (Phi) is 4.88. The van der Waals surface area contributed by atoms with Crippen LogP contribution in [0.4, 0.5) is 0 Å². The van der Waals surface area contributed by atoms with Gasteiger partial charge >= 0.3 is 0 Å². The van der Waals surface area contributed by atoms with Crippen LogP contribution < -0.4 is 10.1 Å². The van der Waals surface area contributed by atoms with E-state index in [1.807, 2.05) is 25.3 Å². The zero-order valence-electron chi connectivity index (χ0n) is 12.5. The van der Waals surface area contributed by atoms with Crippen LogP contribution in [-0.2, 0) is 6.54 Å². The molecule has 0 radical (unpaired) electrons. The second-order valence-corrected chi connectivity index (χ2v) is 6.55. The van der Waals surface area contributed by atoms with Crippen LogP contribution in [0.3, 0.4) is 0 Å². The lowest BCUT2D eigenvalue weighted by Gasteiger charge is -2.09. The lowest BCUT2D eigenvalue weighted by Crippen LogP contribution is -2.25. The third kappa shape index (κ3) is 3.83. The van der Waals surface area contributed by atoms with E-state index in [0.29, 0.717) is 12.6 Å². The Morgan fingerprint density at radius 2 is 2.00 bits per heavy atom. The van der Waals surface area contributed by atoms with Crippen molar-refractivity contribution < 1.29 is 4.74 Å². The Morgan fingerprint density at radius 3 is 2.71 bits per heavy atom. The molecule has 1 aromatic carbocycles. The van der Waals surface area contributed by atoms with Crippen molar-refractivity contribution in [3.05, 3.63) is 35.5 Å². The average molecular weight is 302 g/mol. The number of thiazole rings is 1. The number of hydrogen-bond acceptors (Lipinski definition) is 4. The first-order chi connectivity index (χ1) is 10.3. The van der Waals surface area contributed by atoms with Gasteiger partial charge in [0.2, 0.25) is 0 Å². The van der Waals surface area contributed by atoms with Gasteiger partial charge in [-0.3, -0.25) is 0 Å². The second-order valence-electron chi connectivity index (χ2n) is 5.44. The normalized spacial score (nSPS) is 15.5. The van der Waals surface area contributed by atoms with E-state index in [9.17, 15) is 0 Å². The van der Waals surface area contributed by atoms with Gasteiger partial charge in [0.1, 0.15) is 10.8 Å². The third-order valence-electron chi connectivity index (χ3n) is 3.90. The van der Waals surface area contributed by atoms with E-state index < -0.39 is 0 Å². The molecule has 1 aromatic heterocycles. The number of hydrogen-bond donors (Lipinski definition) is 1. The molecule has 1 aliphatic rings. The number of nitrogens with zero attached hydrogens (tertiary/aromatic N) is 1. The van der Waals surface area contributed by atoms with Gasteiger partial charge in [0.15, 0.2) is 0 Å². The van der Waals surface area contributed by atoms with Crippen molar-refractivity contribution in [3.8, 4) is 16.2 Å². The SMILES string of the molecule is CCOc1ccc(-c2cnc(CNC3CCCC3)s2)cc1. The van der Waals surface area contributed by atoms with Crippen LogP contribution in [0.25, 0.3) is 10.4 Å². The molecule has 0 unspecified atom stereocenters. The maximum Gasteiger partial charge on any atom is 0.119 e. The van der Waals surface area contributed by atoms with E-state index in [4.69, 9.17) is 4.74 Å². The summed E-state index contributed by atoms with van der Waals surface area (Å²) in [6.07, 6.45) is 7.35. The number of aromatic nitrogens is 1. The molecular weight excluding hydrogens is 280 g/mol. The van der Waals surface area contributed by atoms with Crippen LogP contribution in [0.2, 0.25) is 0 Å². The molecule has 1 fully saturated rings. The maximum absolute atomic E-state index is 5.48. The monoisotopic (exact) mass is 302 g/mol. The van der Waals surface area contributed by atoms with Gasteiger partial charge in [0.25, 0.3) is 0 Å². The zero-order chi connectivity index (χ0) is 14.5. The highest BCUT2D eigenvalue weighted by molar-refractivity contribution is 7.15. The van der Waals surface area contributed by atoms with Crippen molar-refractivity contribution in [3.63, 3.8) is 0 Å². The summed E-state index contributed by atoms with van der Waals surface area (Å²) in [5.41, 5.74) is 1.21. The van der Waals surface area contributed by atoms with Gasteiger partial charge in [-0.05, 0) is 49.6 Å². The first-order valence-corrected chi connectivity index (χ1v) is 8.58. The highest BCUT2D eigenvalue weighted by Gasteiger charge is 2.14. The molecule has 4 heteroatoms. The summed E-state index contributed by atoms with van der Waals surface area (Å²) in [4.78, 5) is 5.76. The van der Waals surface area contributed by atoms with Gasteiger partial charge in [-0.15, -0.1) is 11.3 Å². The predicted molar refractivity (Wildman–Crippen MR) is 87.8 cm³/mol. The number of nitrogens with one attached hydrogen (secondary N) is 1. The molecule has 1 N–H and O–H groups in total. The molecule has 0 atom stereocenters. The molecular formula is C17H22N2OS. The smallest absolute Gasteiger partial charge is 0.119 e. The number of rotatable bonds is 6. The quantitative estimate of drug-likeness (QED) is 0.866. The molecule has 1 saturated carbocycles. The summed E-state index contributed by atoms with van der Waals surface area (Å²) in [7, 11) is 0. The molecule has 21 heavy (non-hydrogen) atoms. The van der Waals surface area contributed by atoms with Crippen molar-refractivity contribution in [1.29, 1.82) is 0 Å². The van der Waals surface area contributed by atoms with Gasteiger partial charge in [0.05, 0.1) is 11.5 Å². The summed E-state index contributed by atoms with van der Waals surface area (Å²) < 4.78 is 5.48. The minimum Gasteiger partial charge on any atom is -0.494 e. The maximum atomic E-state index is 5.48. The van der Waals surface area contributed by atoms with Crippen molar-refractivity contribution in [2.45, 2.75) is 45.2 Å². The van der Waals surface area contributed by atoms with Crippen LogP contribution in [-0.4, -0.2) is 17.6 Å². The van der Waals surface area contributed by atoms with Gasteiger partial charge in [-0.2, -0.15) is 0 Å². The average Bonchev–Trinajstić information content (AvgIpc) is 3.18. The second kappa shape index (κ2) is 7.05. The summed E-state index contributed by atoms with van der Waals surface area (Å²) >= 11 is 1.77. The molecule has 0 aliphatic heterocycles. The van der Waals surface area contributed by atoms with E-state index in [1.54, 1.807) is 11.3 Å². The Labute approximate surface area is 130 Å². The summed E-state index contributed by atoms with van der Waals surface area (Å²) in [6.45, 7) is 3.60. The first-order valence-electron chi connectivity index (χ1n) is 7.76. The summed E-state index contributed by atoms with van der Waals surface area (Å²) in [5.74, 6) is 0.925. The van der Waals surface area contributed by atoms with Crippen molar-refractivity contribution in [2.24, 2.45) is 0 Å². The highest BCUT2D eigenvalue weighted by atomic mass is 32.1. The molecule has 112 valence electrons. The summed E-state index contributed by atoms with van der Waals surface area (Å²) in [5, 5.41) is 4.79. The largest absolute Gasteiger partial charge is 0.494 e. The molecule has 0 amide bonds. The van der Waals surface area contributed by atoms with Crippen LogP contribution >= 0.6 is 11.3 Å². The van der Waals surface area contributed by atoms with Crippen molar-refractivity contribution in [2.75, 3.05) is 6.61 Å². The van der Waals surface area contributed by atoms with Gasteiger partial charge in [0, 0.05) is 18.8 Å². The van der Waals surface area contributed by atoms with Gasteiger partial charge < -0.3 is 10.1 Å². The van der Waals surface area contributed by atoms with Crippen molar-refractivity contribution in [1.82, 2.24) is 10.3 Å². The Balaban J connectivity index is 1.60. The molecule has 0 bridgehead atoms. The van der Waals surface area contributed by atoms with Crippen LogP contribution in [0.1, 0.15) is 37.6 Å². The molecule has 2 aromatic rings. The number of ether oxygens (including phenoxy) is 1. The fourth-order valence-corrected chi connectivity index (χ4v) is 3.64. The van der Waals surface area contributed by atoms with Crippen molar-refractivity contribution >= 4 is 11.3 Å². The van der Waals surface area contributed by atoms with Crippen LogP contribution in [0.5, 0.6) is 5.75 Å². The Morgan fingerprint density at radius 1 is 1.24 bits per heavy atom. The fourth-order valence-electron chi connectivity index (χ4n) is 2.77. The molecule has 1 aliphatic carbocycles. The van der Waals surface area contributed by atoms with E-state index in [0.717, 1.165) is 12.3 Å². The lowest BCUT2D eigenvalue weighted by atomic mass is 10.2. The topological polar surface area (TPSA) is 34.1 Å². The molecule has 3 rings (SSSR count). The van der Waals surface area contributed by atoms with Gasteiger partial charge in [-0.25, -0.2) is 4.98 Å². The predicted octanol–water partition coefficient (Wildman–Crippen LogP) is 4.24. The summed E-state index contributed by atoms with van der Waals surface area (Å²) in [6, 6.07) is 8.95. The number of benzene rings is 1. The minimum atomic E-state index is 0.697.